The normalized spacial score (nSPS) is 13.5. The van der Waals surface area contributed by atoms with Crippen LogP contribution in [0, 0.1) is 0 Å². The molecule has 1 unspecified atom stereocenters. The third kappa shape index (κ3) is 44.8. The average molecular weight is 799 g/mol. The van der Waals surface area contributed by atoms with Crippen molar-refractivity contribution in [3.63, 3.8) is 0 Å². The Morgan fingerprint density at radius 2 is 0.690 bits per heavy atom. The highest BCUT2D eigenvalue weighted by molar-refractivity contribution is 5.70. The van der Waals surface area contributed by atoms with E-state index in [9.17, 15) is 14.7 Å². The van der Waals surface area contributed by atoms with Gasteiger partial charge in [0, 0.05) is 12.8 Å². The minimum Gasteiger partial charge on any atom is -0.462 e. The minimum absolute atomic E-state index is 0.0967. The van der Waals surface area contributed by atoms with Crippen molar-refractivity contribution in [1.29, 1.82) is 0 Å². The van der Waals surface area contributed by atoms with E-state index in [1.165, 1.54) is 0 Å². The summed E-state index contributed by atoms with van der Waals surface area (Å²) in [7, 11) is 0. The van der Waals surface area contributed by atoms with Gasteiger partial charge in [0.15, 0.2) is 6.10 Å². The van der Waals surface area contributed by atoms with E-state index in [1.807, 2.05) is 0 Å². The van der Waals surface area contributed by atoms with E-state index in [0.717, 1.165) is 141 Å². The van der Waals surface area contributed by atoms with Gasteiger partial charge in [-0.15, -0.1) is 0 Å². The van der Waals surface area contributed by atoms with Gasteiger partial charge in [-0.1, -0.05) is 180 Å². The Morgan fingerprint density at radius 1 is 0.397 bits per heavy atom. The van der Waals surface area contributed by atoms with Crippen molar-refractivity contribution in [3.05, 3.63) is 134 Å². The second-order valence-electron chi connectivity index (χ2n) is 14.4. The SMILES string of the molecule is CC/C=C\C/C=C\C/C=C\C/C=C\C/C=C\C/C=C\C/C=C\CCCCCCCC(=O)OC(CO)COC(=O)CCCCCC/C=C\C/C=C\C/C=C\C/C=C\CC. The Labute approximate surface area is 355 Å². The standard InChI is InChI=1S/C53H82O5/c1-3-5-7-9-11-13-15-17-19-21-22-23-24-25-26-27-28-29-30-32-34-36-38-40-42-44-46-48-53(56)58-51(49-54)50-57-52(55)47-45-43-41-39-37-35-33-31-20-18-16-14-12-10-8-6-4-2/h5-8,11-14,17-20,22-23,25-26,28-29,32-35,51,54H,3-4,9-10,15-16,21,24,27,30-31,36-50H2,1-2H3/b7-5-,8-6-,13-11-,14-12-,19-17-,20-18-,23-22-,26-25-,29-28-,34-32-,35-33-. The summed E-state index contributed by atoms with van der Waals surface area (Å²) in [4.78, 5) is 24.4. The number of carbonyl (C=O) groups is 2. The van der Waals surface area contributed by atoms with Gasteiger partial charge < -0.3 is 14.6 Å². The van der Waals surface area contributed by atoms with Gasteiger partial charge >= 0.3 is 11.9 Å². The van der Waals surface area contributed by atoms with Crippen molar-refractivity contribution in [2.45, 2.75) is 174 Å². The minimum atomic E-state index is -0.803. The molecular formula is C53H82O5. The van der Waals surface area contributed by atoms with Crippen LogP contribution < -0.4 is 0 Å². The molecule has 58 heavy (non-hydrogen) atoms. The number of hydrogen-bond donors (Lipinski definition) is 1. The first-order valence-electron chi connectivity index (χ1n) is 22.7. The monoisotopic (exact) mass is 799 g/mol. The van der Waals surface area contributed by atoms with Crippen LogP contribution in [0.5, 0.6) is 0 Å². The molecule has 0 spiro atoms. The highest BCUT2D eigenvalue weighted by Gasteiger charge is 2.16. The Hall–Kier alpha value is -3.96. The summed E-state index contributed by atoms with van der Waals surface area (Å²) in [5, 5.41) is 9.59. The van der Waals surface area contributed by atoms with Crippen LogP contribution in [0.15, 0.2) is 134 Å². The predicted molar refractivity (Wildman–Crippen MR) is 251 cm³/mol. The van der Waals surface area contributed by atoms with E-state index < -0.39 is 6.10 Å². The fourth-order valence-electron chi connectivity index (χ4n) is 5.58. The number of esters is 2. The molecule has 0 fully saturated rings. The first-order valence-corrected chi connectivity index (χ1v) is 22.7. The van der Waals surface area contributed by atoms with Crippen molar-refractivity contribution in [3.8, 4) is 0 Å². The van der Waals surface area contributed by atoms with Crippen molar-refractivity contribution >= 4 is 11.9 Å². The molecule has 0 aliphatic carbocycles. The lowest BCUT2D eigenvalue weighted by Gasteiger charge is -2.15. The third-order valence-corrected chi connectivity index (χ3v) is 8.94. The van der Waals surface area contributed by atoms with Crippen molar-refractivity contribution in [2.24, 2.45) is 0 Å². The Morgan fingerprint density at radius 3 is 1.03 bits per heavy atom. The smallest absolute Gasteiger partial charge is 0.306 e. The molecule has 0 saturated heterocycles. The molecule has 0 amide bonds. The van der Waals surface area contributed by atoms with E-state index in [4.69, 9.17) is 9.47 Å². The van der Waals surface area contributed by atoms with Gasteiger partial charge in [-0.3, -0.25) is 9.59 Å². The van der Waals surface area contributed by atoms with Crippen LogP contribution in [0.1, 0.15) is 168 Å². The van der Waals surface area contributed by atoms with Crippen LogP contribution in [-0.2, 0) is 19.1 Å². The first kappa shape index (κ1) is 54.0. The molecule has 5 heteroatoms. The predicted octanol–water partition coefficient (Wildman–Crippen LogP) is 15.0. The molecule has 0 aromatic rings. The number of rotatable bonds is 39. The van der Waals surface area contributed by atoms with Crippen LogP contribution in [0.4, 0.5) is 0 Å². The molecule has 0 radical (unpaired) electrons. The van der Waals surface area contributed by atoms with E-state index in [2.05, 4.69) is 148 Å². The number of ether oxygens (including phenoxy) is 2. The van der Waals surface area contributed by atoms with Gasteiger partial charge in [0.2, 0.25) is 0 Å². The van der Waals surface area contributed by atoms with E-state index in [-0.39, 0.29) is 25.2 Å². The fraction of sp³-hybridized carbons (Fsp3) is 0.547. The molecule has 0 rings (SSSR count). The molecule has 0 bridgehead atoms. The lowest BCUT2D eigenvalue weighted by atomic mass is 10.1. The second kappa shape index (κ2) is 47.4. The Balaban J connectivity index is 3.69. The van der Waals surface area contributed by atoms with Crippen LogP contribution in [0.25, 0.3) is 0 Å². The average Bonchev–Trinajstić information content (AvgIpc) is 3.23. The number of carbonyl (C=O) groups excluding carboxylic acids is 2. The summed E-state index contributed by atoms with van der Waals surface area (Å²) >= 11 is 0. The van der Waals surface area contributed by atoms with Gasteiger partial charge in [0.05, 0.1) is 6.61 Å². The second-order valence-corrected chi connectivity index (χ2v) is 14.4. The zero-order valence-corrected chi connectivity index (χ0v) is 36.7. The van der Waals surface area contributed by atoms with E-state index >= 15 is 0 Å². The lowest BCUT2D eigenvalue weighted by Crippen LogP contribution is -2.28. The molecular weight excluding hydrogens is 717 g/mol. The maximum Gasteiger partial charge on any atom is 0.306 e. The highest BCUT2D eigenvalue weighted by Crippen LogP contribution is 2.11. The Kier molecular flexibility index (Phi) is 44.2. The molecule has 1 atom stereocenters. The maximum atomic E-state index is 12.2. The molecule has 0 aromatic heterocycles. The molecule has 0 aliphatic heterocycles. The zero-order valence-electron chi connectivity index (χ0n) is 36.7. The number of allylic oxidation sites excluding steroid dienone is 22. The highest BCUT2D eigenvalue weighted by atomic mass is 16.6. The van der Waals surface area contributed by atoms with Crippen LogP contribution in [0.2, 0.25) is 0 Å². The van der Waals surface area contributed by atoms with Crippen LogP contribution >= 0.6 is 0 Å². The molecule has 324 valence electrons. The Bertz CT molecular complexity index is 1270. The molecule has 0 heterocycles. The van der Waals surface area contributed by atoms with Crippen molar-refractivity contribution in [1.82, 2.24) is 0 Å². The van der Waals surface area contributed by atoms with Crippen molar-refractivity contribution < 1.29 is 24.2 Å². The van der Waals surface area contributed by atoms with Gasteiger partial charge in [-0.2, -0.15) is 0 Å². The number of unbranched alkanes of at least 4 members (excludes halogenated alkanes) is 9. The maximum absolute atomic E-state index is 12.2. The quantitative estimate of drug-likeness (QED) is 0.0381. The van der Waals surface area contributed by atoms with Gasteiger partial charge in [0.25, 0.3) is 0 Å². The summed E-state index contributed by atoms with van der Waals surface area (Å²) in [6.45, 7) is 3.85. The summed E-state index contributed by atoms with van der Waals surface area (Å²) < 4.78 is 10.6. The molecule has 1 N–H and O–H groups in total. The van der Waals surface area contributed by atoms with Gasteiger partial charge in [0.1, 0.15) is 6.61 Å². The van der Waals surface area contributed by atoms with Crippen LogP contribution in [-0.4, -0.2) is 36.4 Å². The molecule has 0 aliphatic rings. The number of aliphatic hydroxyl groups is 1. The molecule has 0 saturated carbocycles. The lowest BCUT2D eigenvalue weighted by molar-refractivity contribution is -0.161. The summed E-state index contributed by atoms with van der Waals surface area (Å²) in [6, 6.07) is 0. The molecule has 5 nitrogen and oxygen atoms in total. The first-order chi connectivity index (χ1) is 28.6. The fourth-order valence-corrected chi connectivity index (χ4v) is 5.58. The van der Waals surface area contributed by atoms with Gasteiger partial charge in [-0.05, 0) is 109 Å². The van der Waals surface area contributed by atoms with E-state index in [0.29, 0.717) is 12.8 Å². The van der Waals surface area contributed by atoms with Crippen LogP contribution in [0.3, 0.4) is 0 Å². The zero-order chi connectivity index (χ0) is 42.1. The number of aliphatic hydroxyl groups excluding tert-OH is 1. The van der Waals surface area contributed by atoms with Crippen molar-refractivity contribution in [2.75, 3.05) is 13.2 Å². The topological polar surface area (TPSA) is 72.8 Å². The molecule has 0 aromatic carbocycles. The number of hydrogen-bond acceptors (Lipinski definition) is 5. The van der Waals surface area contributed by atoms with Gasteiger partial charge in [-0.25, -0.2) is 0 Å². The van der Waals surface area contributed by atoms with E-state index in [1.54, 1.807) is 0 Å². The largest absolute Gasteiger partial charge is 0.462 e. The summed E-state index contributed by atoms with van der Waals surface area (Å²) in [6.07, 6.45) is 70.9. The third-order valence-electron chi connectivity index (χ3n) is 8.94. The summed E-state index contributed by atoms with van der Waals surface area (Å²) in [5.74, 6) is -0.655. The summed E-state index contributed by atoms with van der Waals surface area (Å²) in [5.41, 5.74) is 0.